The number of hydrogen-bond acceptors (Lipinski definition) is 10. The molecule has 9 nitrogen and oxygen atoms in total. The highest BCUT2D eigenvalue weighted by Crippen LogP contribution is 2.44. The minimum Gasteiger partial charge on any atom is -0.504 e. The van der Waals surface area contributed by atoms with Gasteiger partial charge < -0.3 is 10.4 Å². The van der Waals surface area contributed by atoms with E-state index in [0.717, 1.165) is 29.0 Å². The minimum absolute atomic E-state index is 0.00409. The number of nitrogens with one attached hydrogen (secondary N) is 1. The zero-order chi connectivity index (χ0) is 20.3. The number of carbonyl (C=O) groups is 1. The number of phenolic OH excluding ortho intramolecular Hbond substituents is 1. The second-order valence-corrected chi connectivity index (χ2v) is 7.50. The first kappa shape index (κ1) is 20.7. The van der Waals surface area contributed by atoms with Crippen LogP contribution in [-0.4, -0.2) is 15.4 Å². The van der Waals surface area contributed by atoms with E-state index >= 15 is 0 Å². The Morgan fingerprint density at radius 3 is 2.82 bits per heavy atom. The highest BCUT2D eigenvalue weighted by molar-refractivity contribution is 7.94. The maximum atomic E-state index is 11.3. The predicted molar refractivity (Wildman–Crippen MR) is 108 cm³/mol. The monoisotopic (exact) mass is 459 g/mol. The van der Waals surface area contributed by atoms with Crippen molar-refractivity contribution in [2.75, 3.05) is 5.32 Å². The van der Waals surface area contributed by atoms with E-state index in [1.54, 1.807) is 18.2 Å². The van der Waals surface area contributed by atoms with Crippen molar-refractivity contribution in [1.29, 1.82) is 0 Å². The van der Waals surface area contributed by atoms with Crippen LogP contribution in [0, 0.1) is 0 Å². The van der Waals surface area contributed by atoms with Gasteiger partial charge in [0.15, 0.2) is 10.8 Å². The molecule has 0 unspecified atom stereocenters. The molecule has 3 rings (SSSR count). The number of hydrogen-bond donors (Lipinski definition) is 3. The molecule has 4 N–H and O–H groups in total. The van der Waals surface area contributed by atoms with Crippen LogP contribution in [-0.2, 0) is 14.1 Å². The quantitative estimate of drug-likeness (QED) is 0.145. The first-order chi connectivity index (χ1) is 13.4. The van der Waals surface area contributed by atoms with Gasteiger partial charge in [0, 0.05) is 17.2 Å². The summed E-state index contributed by atoms with van der Waals surface area (Å²) in [5.41, 5.74) is 0.952. The second-order valence-electron chi connectivity index (χ2n) is 5.22. The Balaban J connectivity index is 1.97. The normalized spacial score (nSPS) is 11.4. The lowest BCUT2D eigenvalue weighted by atomic mass is 10.2. The van der Waals surface area contributed by atoms with Crippen LogP contribution in [0.3, 0.4) is 0 Å². The summed E-state index contributed by atoms with van der Waals surface area (Å²) in [6.07, 6.45) is 0. The van der Waals surface area contributed by atoms with Crippen LogP contribution < -0.4 is 11.2 Å². The van der Waals surface area contributed by atoms with Crippen LogP contribution in [0.25, 0.3) is 10.9 Å². The number of nitrogens with zero attached hydrogens (tertiary/aromatic N) is 3. The van der Waals surface area contributed by atoms with Crippen molar-refractivity contribution < 1.29 is 19.2 Å². The fourth-order valence-corrected chi connectivity index (χ4v) is 3.62. The first-order valence-electron chi connectivity index (χ1n) is 7.40. The number of anilines is 1. The Morgan fingerprint density at radius 1 is 1.32 bits per heavy atom. The van der Waals surface area contributed by atoms with E-state index in [1.165, 1.54) is 13.0 Å². The van der Waals surface area contributed by atoms with Crippen LogP contribution in [0.1, 0.15) is 6.92 Å². The van der Waals surface area contributed by atoms with Crippen LogP contribution in [0.4, 0.5) is 16.4 Å². The van der Waals surface area contributed by atoms with E-state index < -0.39 is 5.91 Å². The number of carbonyl (C=O) groups excluding carboxylic acids is 1. The Labute approximate surface area is 176 Å². The van der Waals surface area contributed by atoms with Crippen LogP contribution in [0.5, 0.6) is 5.75 Å². The molecule has 0 bridgehead atoms. The fraction of sp³-hybridized carbons (Fsp3) is 0.0667. The van der Waals surface area contributed by atoms with Crippen LogP contribution >= 0.6 is 46.8 Å². The molecule has 146 valence electrons. The van der Waals surface area contributed by atoms with E-state index in [4.69, 9.17) is 29.1 Å². The number of halogens is 2. The number of azo groups is 1. The van der Waals surface area contributed by atoms with E-state index in [2.05, 4.69) is 29.2 Å². The fourth-order valence-electron chi connectivity index (χ4n) is 2.15. The van der Waals surface area contributed by atoms with Crippen molar-refractivity contribution in [3.8, 4) is 5.75 Å². The summed E-state index contributed by atoms with van der Waals surface area (Å²) in [5, 5.41) is 21.8. The maximum Gasteiger partial charge on any atom is 0.221 e. The van der Waals surface area contributed by atoms with Gasteiger partial charge in [0.1, 0.15) is 10.7 Å². The summed E-state index contributed by atoms with van der Waals surface area (Å²) in [6.45, 7) is 1.29. The van der Waals surface area contributed by atoms with Gasteiger partial charge in [0.25, 0.3) is 0 Å². The highest BCUT2D eigenvalue weighted by Gasteiger charge is 2.16. The Hall–Kier alpha value is -1.99. The number of rotatable bonds is 6. The summed E-state index contributed by atoms with van der Waals surface area (Å²) in [4.78, 5) is 16.1. The van der Waals surface area contributed by atoms with E-state index in [0.29, 0.717) is 15.4 Å². The van der Waals surface area contributed by atoms with Crippen molar-refractivity contribution in [3.05, 3.63) is 34.3 Å². The van der Waals surface area contributed by atoms with Gasteiger partial charge in [-0.2, -0.15) is 10.3 Å². The molecule has 0 aliphatic heterocycles. The molecule has 0 radical (unpaired) electrons. The smallest absolute Gasteiger partial charge is 0.221 e. The molecule has 0 saturated heterocycles. The Bertz CT molecular complexity index is 1080. The summed E-state index contributed by atoms with van der Waals surface area (Å²) in [5.74, 6) is 4.09. The molecule has 13 heteroatoms. The van der Waals surface area contributed by atoms with Crippen molar-refractivity contribution >= 4 is 80.0 Å². The summed E-state index contributed by atoms with van der Waals surface area (Å²) in [6, 6.07) is 6.71. The molecule has 1 aromatic heterocycles. The number of aromatic hydroxyl groups is 1. The molecule has 1 amide bonds. The topological polar surface area (TPSA) is 131 Å². The molecule has 0 aliphatic rings. The third-order valence-corrected chi connectivity index (χ3v) is 5.52. The van der Waals surface area contributed by atoms with Crippen molar-refractivity contribution in [2.24, 2.45) is 16.1 Å². The van der Waals surface area contributed by atoms with Crippen molar-refractivity contribution in [3.63, 3.8) is 0 Å². The standard InChI is InChI=1S/C15H11Cl2N5O4S2/c1-6(23)19-11-5-10(12(16)13(17)14(11)24)20-21-15-8-4-7(28-26-25-18)2-3-9(8)22-27-15/h2-5,24H,18H2,1H3,(H,19,23). The average molecular weight is 460 g/mol. The molecule has 0 spiro atoms. The molecule has 0 saturated carbocycles. The minimum atomic E-state index is -0.390. The molecule has 2 aromatic carbocycles. The number of amides is 1. The molecule has 0 aliphatic carbocycles. The van der Waals surface area contributed by atoms with Crippen molar-refractivity contribution in [2.45, 2.75) is 11.8 Å². The van der Waals surface area contributed by atoms with Gasteiger partial charge >= 0.3 is 0 Å². The molecule has 28 heavy (non-hydrogen) atoms. The summed E-state index contributed by atoms with van der Waals surface area (Å²) in [7, 11) is 0. The number of phenols is 1. The average Bonchev–Trinajstić information content (AvgIpc) is 3.07. The third kappa shape index (κ3) is 4.52. The highest BCUT2D eigenvalue weighted by atomic mass is 35.5. The zero-order valence-corrected chi connectivity index (χ0v) is 17.1. The summed E-state index contributed by atoms with van der Waals surface area (Å²) >= 11 is 14.2. The van der Waals surface area contributed by atoms with Crippen LogP contribution in [0.2, 0.25) is 10.0 Å². The zero-order valence-electron chi connectivity index (χ0n) is 14.0. The second kappa shape index (κ2) is 9.01. The predicted octanol–water partition coefficient (Wildman–Crippen LogP) is 5.51. The van der Waals surface area contributed by atoms with Gasteiger partial charge in [-0.3, -0.25) is 4.79 Å². The number of aromatic nitrogens is 1. The molecule has 0 atom stereocenters. The molecular weight excluding hydrogens is 449 g/mol. The van der Waals surface area contributed by atoms with E-state index in [9.17, 15) is 9.90 Å². The lowest BCUT2D eigenvalue weighted by molar-refractivity contribution is -0.195. The number of nitrogens with two attached hydrogens (primary N) is 1. The van der Waals surface area contributed by atoms with Crippen LogP contribution in [0.15, 0.2) is 39.4 Å². The van der Waals surface area contributed by atoms with Gasteiger partial charge in [0.2, 0.25) is 5.91 Å². The van der Waals surface area contributed by atoms with Crippen molar-refractivity contribution in [1.82, 2.24) is 4.37 Å². The summed E-state index contributed by atoms with van der Waals surface area (Å²) < 4.78 is 8.92. The molecule has 1 heterocycles. The molecular formula is C15H11Cl2N5O4S2. The number of benzene rings is 2. The van der Waals surface area contributed by atoms with Gasteiger partial charge in [-0.05, 0) is 35.8 Å². The van der Waals surface area contributed by atoms with Gasteiger partial charge in [0.05, 0.1) is 28.3 Å². The number of fused-ring (bicyclic) bond motifs is 1. The lowest BCUT2D eigenvalue weighted by Crippen LogP contribution is -2.05. The lowest BCUT2D eigenvalue weighted by Gasteiger charge is -2.09. The Morgan fingerprint density at radius 2 is 2.11 bits per heavy atom. The first-order valence-corrected chi connectivity index (χ1v) is 9.67. The maximum absolute atomic E-state index is 11.3. The molecule has 0 fully saturated rings. The largest absolute Gasteiger partial charge is 0.504 e. The van der Waals surface area contributed by atoms with E-state index in [-0.39, 0.29) is 27.2 Å². The van der Waals surface area contributed by atoms with Gasteiger partial charge in [-0.15, -0.1) is 19.6 Å². The van der Waals surface area contributed by atoms with Gasteiger partial charge in [-0.1, -0.05) is 23.2 Å². The Kier molecular flexibility index (Phi) is 6.67. The molecule has 3 aromatic rings. The SMILES string of the molecule is CC(=O)Nc1cc(N=Nc2snc3ccc(SOON)cc23)c(Cl)c(Cl)c1O. The third-order valence-electron chi connectivity index (χ3n) is 3.32. The van der Waals surface area contributed by atoms with Gasteiger partial charge in [-0.25, -0.2) is 0 Å². The van der Waals surface area contributed by atoms with E-state index in [1.807, 2.05) is 0 Å².